The summed E-state index contributed by atoms with van der Waals surface area (Å²) in [6.07, 6.45) is 0.823. The number of imidazole rings is 1. The van der Waals surface area contributed by atoms with Gasteiger partial charge in [-0.1, -0.05) is 31.2 Å². The van der Waals surface area contributed by atoms with Gasteiger partial charge in [-0.25, -0.2) is 19.2 Å². The van der Waals surface area contributed by atoms with Crippen LogP contribution in [0.2, 0.25) is 0 Å². The molecule has 2 aromatic carbocycles. The fourth-order valence-corrected chi connectivity index (χ4v) is 3.96. The molecular formula is C25H23FN4. The highest BCUT2D eigenvalue weighted by Gasteiger charge is 2.15. The van der Waals surface area contributed by atoms with E-state index >= 15 is 0 Å². The lowest BCUT2D eigenvalue weighted by molar-refractivity contribution is 0.627. The molecule has 5 heteroatoms. The summed E-state index contributed by atoms with van der Waals surface area (Å²) in [5.74, 6) is 0.680. The molecule has 0 atom stereocenters. The van der Waals surface area contributed by atoms with Gasteiger partial charge >= 0.3 is 0 Å². The molecule has 4 aromatic rings. The van der Waals surface area contributed by atoms with Gasteiger partial charge in [0, 0.05) is 12.1 Å². The van der Waals surface area contributed by atoms with E-state index in [0.29, 0.717) is 23.4 Å². The zero-order valence-corrected chi connectivity index (χ0v) is 17.6. The number of hydrogen-bond acceptors (Lipinski definition) is 2. The van der Waals surface area contributed by atoms with Crippen LogP contribution in [-0.4, -0.2) is 14.5 Å². The number of nitrogens with zero attached hydrogens (tertiary/aromatic N) is 4. The Hall–Kier alpha value is -3.52. The highest BCUT2D eigenvalue weighted by molar-refractivity contribution is 5.81. The van der Waals surface area contributed by atoms with Crippen LogP contribution in [0, 0.1) is 33.2 Å². The van der Waals surface area contributed by atoms with Crippen molar-refractivity contribution in [2.75, 3.05) is 0 Å². The van der Waals surface area contributed by atoms with E-state index in [1.54, 1.807) is 6.92 Å². The fourth-order valence-electron chi connectivity index (χ4n) is 3.96. The summed E-state index contributed by atoms with van der Waals surface area (Å²) in [4.78, 5) is 13.1. The lowest BCUT2D eigenvalue weighted by Gasteiger charge is -2.11. The number of rotatable bonds is 4. The molecule has 0 saturated carbocycles. The van der Waals surface area contributed by atoms with E-state index in [1.165, 1.54) is 12.1 Å². The molecule has 0 N–H and O–H groups in total. The molecular weight excluding hydrogens is 375 g/mol. The van der Waals surface area contributed by atoms with Crippen molar-refractivity contribution in [3.8, 4) is 11.1 Å². The van der Waals surface area contributed by atoms with Crippen molar-refractivity contribution in [3.63, 3.8) is 0 Å². The third kappa shape index (κ3) is 3.46. The van der Waals surface area contributed by atoms with Crippen molar-refractivity contribution in [3.05, 3.63) is 87.9 Å². The molecule has 0 aliphatic rings. The van der Waals surface area contributed by atoms with E-state index in [-0.39, 0.29) is 5.82 Å². The van der Waals surface area contributed by atoms with E-state index in [4.69, 9.17) is 16.5 Å². The average molecular weight is 398 g/mol. The highest BCUT2D eigenvalue weighted by Crippen LogP contribution is 2.34. The Morgan fingerprint density at radius 3 is 2.40 bits per heavy atom. The third-order valence-corrected chi connectivity index (χ3v) is 5.40. The number of halogens is 1. The minimum Gasteiger partial charge on any atom is -0.308 e. The van der Waals surface area contributed by atoms with Crippen LogP contribution in [0.15, 0.2) is 42.5 Å². The molecule has 0 fully saturated rings. The molecule has 0 saturated heterocycles. The van der Waals surface area contributed by atoms with E-state index in [1.807, 2.05) is 31.2 Å². The Labute approximate surface area is 175 Å². The number of fused-ring (bicyclic) bond motifs is 1. The maximum Gasteiger partial charge on any atom is 0.197 e. The predicted octanol–water partition coefficient (Wildman–Crippen LogP) is 6.32. The van der Waals surface area contributed by atoms with Crippen molar-refractivity contribution >= 4 is 16.9 Å². The van der Waals surface area contributed by atoms with Gasteiger partial charge in [0.25, 0.3) is 0 Å². The maximum atomic E-state index is 13.9. The van der Waals surface area contributed by atoms with Crippen molar-refractivity contribution in [1.82, 2.24) is 14.5 Å². The molecule has 0 bridgehead atoms. The molecule has 4 nitrogen and oxygen atoms in total. The molecule has 0 spiro atoms. The van der Waals surface area contributed by atoms with Crippen molar-refractivity contribution in [1.29, 1.82) is 0 Å². The first-order chi connectivity index (χ1) is 14.4. The molecule has 150 valence electrons. The summed E-state index contributed by atoms with van der Waals surface area (Å²) in [5, 5.41) is 0. The Morgan fingerprint density at radius 2 is 1.73 bits per heavy atom. The normalized spacial score (nSPS) is 11.1. The maximum absolute atomic E-state index is 13.9. The standard InChI is InChI=1S/C25H23FN4/c1-6-22-29-24-15(2)11-17(4)28-25(24)30(22)14-18-7-9-19(10-8-18)21-13-20(26)12-16(3)23(21)27-5/h7-13H,6,14H2,1-4H3. The van der Waals surface area contributed by atoms with E-state index < -0.39 is 0 Å². The van der Waals surface area contributed by atoms with Gasteiger partial charge in [0.15, 0.2) is 11.3 Å². The average Bonchev–Trinajstić information content (AvgIpc) is 3.06. The molecule has 0 radical (unpaired) electrons. The molecule has 2 heterocycles. The van der Waals surface area contributed by atoms with Gasteiger partial charge in [-0.05, 0) is 66.8 Å². The number of pyridine rings is 1. The number of benzene rings is 2. The van der Waals surface area contributed by atoms with Crippen LogP contribution in [-0.2, 0) is 13.0 Å². The SMILES string of the molecule is [C-]#[N+]c1c(C)cc(F)cc1-c1ccc(Cn2c(CC)nc3c(C)cc(C)nc32)cc1. The van der Waals surface area contributed by atoms with Crippen LogP contribution in [0.4, 0.5) is 10.1 Å². The molecule has 0 amide bonds. The zero-order valence-electron chi connectivity index (χ0n) is 17.6. The van der Waals surface area contributed by atoms with Gasteiger partial charge in [0.1, 0.15) is 17.2 Å². The minimum atomic E-state index is -0.326. The summed E-state index contributed by atoms with van der Waals surface area (Å²) >= 11 is 0. The summed E-state index contributed by atoms with van der Waals surface area (Å²) in [6.45, 7) is 16.1. The van der Waals surface area contributed by atoms with Crippen molar-refractivity contribution in [2.45, 2.75) is 40.7 Å². The molecule has 0 unspecified atom stereocenters. The smallest absolute Gasteiger partial charge is 0.197 e. The van der Waals surface area contributed by atoms with E-state index in [0.717, 1.165) is 45.8 Å². The first-order valence-electron chi connectivity index (χ1n) is 10.0. The lowest BCUT2D eigenvalue weighted by atomic mass is 9.99. The Bertz CT molecular complexity index is 1290. The number of aryl methyl sites for hydroxylation is 4. The zero-order chi connectivity index (χ0) is 21.4. The van der Waals surface area contributed by atoms with Gasteiger partial charge in [0.05, 0.1) is 13.1 Å². The number of hydrogen-bond donors (Lipinski definition) is 0. The largest absolute Gasteiger partial charge is 0.308 e. The summed E-state index contributed by atoms with van der Waals surface area (Å²) in [6, 6.07) is 12.8. The summed E-state index contributed by atoms with van der Waals surface area (Å²) < 4.78 is 16.1. The second kappa shape index (κ2) is 7.72. The molecule has 30 heavy (non-hydrogen) atoms. The van der Waals surface area contributed by atoms with Gasteiger partial charge in [-0.15, -0.1) is 0 Å². The monoisotopic (exact) mass is 398 g/mol. The van der Waals surface area contributed by atoms with E-state index in [2.05, 4.69) is 29.3 Å². The van der Waals surface area contributed by atoms with Gasteiger partial charge in [0.2, 0.25) is 0 Å². The van der Waals surface area contributed by atoms with Gasteiger partial charge in [-0.3, -0.25) is 0 Å². The second-order valence-corrected chi connectivity index (χ2v) is 7.65. The van der Waals surface area contributed by atoms with Crippen LogP contribution in [0.5, 0.6) is 0 Å². The van der Waals surface area contributed by atoms with Crippen LogP contribution in [0.1, 0.15) is 35.1 Å². The molecule has 0 aliphatic carbocycles. The Kier molecular flexibility index (Phi) is 5.09. The molecule has 2 aromatic heterocycles. The lowest BCUT2D eigenvalue weighted by Crippen LogP contribution is -2.05. The molecule has 0 aliphatic heterocycles. The van der Waals surface area contributed by atoms with Gasteiger partial charge < -0.3 is 4.57 Å². The minimum absolute atomic E-state index is 0.326. The first kappa shape index (κ1) is 19.8. The highest BCUT2D eigenvalue weighted by atomic mass is 19.1. The van der Waals surface area contributed by atoms with Crippen LogP contribution in [0.25, 0.3) is 27.1 Å². The Morgan fingerprint density at radius 1 is 1.00 bits per heavy atom. The van der Waals surface area contributed by atoms with Crippen molar-refractivity contribution in [2.24, 2.45) is 0 Å². The van der Waals surface area contributed by atoms with Crippen LogP contribution < -0.4 is 0 Å². The van der Waals surface area contributed by atoms with Gasteiger partial charge in [-0.2, -0.15) is 0 Å². The Balaban J connectivity index is 1.73. The van der Waals surface area contributed by atoms with Crippen LogP contribution in [0.3, 0.4) is 0 Å². The summed E-state index contributed by atoms with van der Waals surface area (Å²) in [7, 11) is 0. The van der Waals surface area contributed by atoms with Crippen LogP contribution >= 0.6 is 0 Å². The number of aromatic nitrogens is 3. The quantitative estimate of drug-likeness (QED) is 0.377. The topological polar surface area (TPSA) is 35.1 Å². The van der Waals surface area contributed by atoms with Crippen molar-refractivity contribution < 1.29 is 4.39 Å². The van der Waals surface area contributed by atoms with E-state index in [9.17, 15) is 4.39 Å². The third-order valence-electron chi connectivity index (χ3n) is 5.40. The fraction of sp³-hybridized carbons (Fsp3) is 0.240. The first-order valence-corrected chi connectivity index (χ1v) is 10.0. The predicted molar refractivity (Wildman–Crippen MR) is 118 cm³/mol. The summed E-state index contributed by atoms with van der Waals surface area (Å²) in [5.41, 5.74) is 7.68. The second-order valence-electron chi connectivity index (χ2n) is 7.65. The molecule has 4 rings (SSSR count).